The molecule has 5 nitrogen and oxygen atoms in total. The number of fused-ring (bicyclic) bond motifs is 1. The second-order valence-corrected chi connectivity index (χ2v) is 7.37. The van der Waals surface area contributed by atoms with Crippen LogP contribution in [0.3, 0.4) is 0 Å². The third-order valence-corrected chi connectivity index (χ3v) is 5.46. The lowest BCUT2D eigenvalue weighted by Crippen LogP contribution is -2.41. The summed E-state index contributed by atoms with van der Waals surface area (Å²) in [4.78, 5) is 14.4. The van der Waals surface area contributed by atoms with E-state index >= 15 is 0 Å². The molecule has 2 heterocycles. The summed E-state index contributed by atoms with van der Waals surface area (Å²) in [6.45, 7) is 3.85. The molecule has 0 radical (unpaired) electrons. The maximum Gasteiger partial charge on any atom is 0.336 e. The predicted molar refractivity (Wildman–Crippen MR) is 111 cm³/mol. The molecular weight excluding hydrogens is 352 g/mol. The molecule has 1 aromatic heterocycles. The van der Waals surface area contributed by atoms with E-state index in [2.05, 4.69) is 40.5 Å². The fraction of sp³-hybridized carbons (Fsp3) is 0.348. The van der Waals surface area contributed by atoms with Gasteiger partial charge in [0.25, 0.3) is 0 Å². The molecule has 1 fully saturated rings. The first kappa shape index (κ1) is 18.7. The van der Waals surface area contributed by atoms with Gasteiger partial charge in [0.1, 0.15) is 11.3 Å². The van der Waals surface area contributed by atoms with E-state index in [-0.39, 0.29) is 5.63 Å². The average Bonchev–Trinajstić information content (AvgIpc) is 2.73. The predicted octanol–water partition coefficient (Wildman–Crippen LogP) is 3.56. The van der Waals surface area contributed by atoms with Gasteiger partial charge in [0, 0.05) is 36.7 Å². The Kier molecular flexibility index (Phi) is 5.74. The zero-order valence-electron chi connectivity index (χ0n) is 16.2. The van der Waals surface area contributed by atoms with Crippen molar-refractivity contribution in [2.45, 2.75) is 32.0 Å². The van der Waals surface area contributed by atoms with Crippen LogP contribution in [0.5, 0.6) is 5.75 Å². The van der Waals surface area contributed by atoms with Crippen LogP contribution in [0.25, 0.3) is 11.0 Å². The van der Waals surface area contributed by atoms with Crippen LogP contribution in [0.15, 0.2) is 63.8 Å². The van der Waals surface area contributed by atoms with Gasteiger partial charge in [-0.05, 0) is 49.2 Å². The lowest BCUT2D eigenvalue weighted by molar-refractivity contribution is 0.190. The molecule has 146 valence electrons. The van der Waals surface area contributed by atoms with Crippen LogP contribution in [0.4, 0.5) is 0 Å². The lowest BCUT2D eigenvalue weighted by Gasteiger charge is -2.32. The highest BCUT2D eigenvalue weighted by Gasteiger charge is 2.19. The van der Waals surface area contributed by atoms with Crippen molar-refractivity contribution in [1.29, 1.82) is 0 Å². The summed E-state index contributed by atoms with van der Waals surface area (Å²) < 4.78 is 10.6. The van der Waals surface area contributed by atoms with Crippen LogP contribution < -0.4 is 15.7 Å². The molecule has 0 aliphatic carbocycles. The maximum atomic E-state index is 11.9. The number of benzene rings is 2. The fourth-order valence-corrected chi connectivity index (χ4v) is 3.87. The van der Waals surface area contributed by atoms with E-state index in [4.69, 9.17) is 9.15 Å². The van der Waals surface area contributed by atoms with E-state index in [0.717, 1.165) is 43.4 Å². The number of nitrogens with one attached hydrogen (secondary N) is 1. The fourth-order valence-electron chi connectivity index (χ4n) is 3.87. The molecule has 0 atom stereocenters. The van der Waals surface area contributed by atoms with Gasteiger partial charge in [-0.3, -0.25) is 4.90 Å². The van der Waals surface area contributed by atoms with Gasteiger partial charge < -0.3 is 14.5 Å². The summed E-state index contributed by atoms with van der Waals surface area (Å²) in [6.07, 6.45) is 2.22. The van der Waals surface area contributed by atoms with E-state index in [0.29, 0.717) is 23.9 Å². The summed E-state index contributed by atoms with van der Waals surface area (Å²) >= 11 is 0. The summed E-state index contributed by atoms with van der Waals surface area (Å²) in [5.74, 6) is 0.687. The molecule has 4 rings (SSSR count). The Labute approximate surface area is 164 Å². The zero-order chi connectivity index (χ0) is 19.3. The largest absolute Gasteiger partial charge is 0.497 e. The molecule has 0 bridgehead atoms. The molecule has 1 N–H and O–H groups in total. The second kappa shape index (κ2) is 8.59. The molecule has 1 aliphatic rings. The standard InChI is InChI=1S/C23H26N2O3/c1-27-20-7-8-21-18(13-23(26)28-22(21)14-20)15-24-19-9-11-25(12-10-19)16-17-5-3-2-4-6-17/h2-8,13-14,19,24H,9-12,15-16H2,1H3. The molecular formula is C23H26N2O3. The van der Waals surface area contributed by atoms with Crippen LogP contribution in [-0.2, 0) is 13.1 Å². The third kappa shape index (κ3) is 4.43. The van der Waals surface area contributed by atoms with Gasteiger partial charge in [-0.1, -0.05) is 30.3 Å². The number of hydrogen-bond acceptors (Lipinski definition) is 5. The van der Waals surface area contributed by atoms with Crippen molar-refractivity contribution in [3.8, 4) is 5.75 Å². The quantitative estimate of drug-likeness (QED) is 0.665. The minimum Gasteiger partial charge on any atom is -0.497 e. The van der Waals surface area contributed by atoms with Crippen LogP contribution in [0.2, 0.25) is 0 Å². The molecule has 1 aliphatic heterocycles. The Morgan fingerprint density at radius 1 is 1.11 bits per heavy atom. The van der Waals surface area contributed by atoms with Gasteiger partial charge in [0.2, 0.25) is 0 Å². The zero-order valence-corrected chi connectivity index (χ0v) is 16.2. The lowest BCUT2D eigenvalue weighted by atomic mass is 10.0. The number of methoxy groups -OCH3 is 1. The molecule has 0 amide bonds. The number of hydrogen-bond donors (Lipinski definition) is 1. The van der Waals surface area contributed by atoms with Gasteiger partial charge >= 0.3 is 5.63 Å². The normalized spacial score (nSPS) is 15.8. The first-order valence-electron chi connectivity index (χ1n) is 9.82. The number of nitrogens with zero attached hydrogens (tertiary/aromatic N) is 1. The second-order valence-electron chi connectivity index (χ2n) is 7.37. The molecule has 3 aromatic rings. The van der Waals surface area contributed by atoms with Crippen molar-refractivity contribution in [2.75, 3.05) is 20.2 Å². The third-order valence-electron chi connectivity index (χ3n) is 5.46. The van der Waals surface area contributed by atoms with Crippen molar-refractivity contribution >= 4 is 11.0 Å². The van der Waals surface area contributed by atoms with E-state index in [1.54, 1.807) is 19.2 Å². The number of likely N-dealkylation sites (tertiary alicyclic amines) is 1. The van der Waals surface area contributed by atoms with Gasteiger partial charge in [0.15, 0.2) is 0 Å². The SMILES string of the molecule is COc1ccc2c(CNC3CCN(Cc4ccccc4)CC3)cc(=O)oc2c1. The molecule has 0 unspecified atom stereocenters. The van der Waals surface area contributed by atoms with Gasteiger partial charge in [-0.15, -0.1) is 0 Å². The molecule has 0 saturated carbocycles. The Balaban J connectivity index is 1.36. The van der Waals surface area contributed by atoms with Crippen molar-refractivity contribution in [3.05, 3.63) is 76.1 Å². The van der Waals surface area contributed by atoms with Gasteiger partial charge in [-0.2, -0.15) is 0 Å². The van der Waals surface area contributed by atoms with Crippen LogP contribution in [0.1, 0.15) is 24.0 Å². The summed E-state index contributed by atoms with van der Waals surface area (Å²) in [5, 5.41) is 4.58. The van der Waals surface area contributed by atoms with E-state index in [9.17, 15) is 4.79 Å². The molecule has 1 saturated heterocycles. The minimum atomic E-state index is -0.324. The van der Waals surface area contributed by atoms with E-state index < -0.39 is 0 Å². The highest BCUT2D eigenvalue weighted by molar-refractivity contribution is 5.81. The van der Waals surface area contributed by atoms with Crippen molar-refractivity contribution < 1.29 is 9.15 Å². The van der Waals surface area contributed by atoms with Crippen LogP contribution in [-0.4, -0.2) is 31.1 Å². The smallest absolute Gasteiger partial charge is 0.336 e. The van der Waals surface area contributed by atoms with Crippen LogP contribution >= 0.6 is 0 Å². The summed E-state index contributed by atoms with van der Waals surface area (Å²) in [7, 11) is 1.61. The monoisotopic (exact) mass is 378 g/mol. The maximum absolute atomic E-state index is 11.9. The van der Waals surface area contributed by atoms with Crippen LogP contribution in [0, 0.1) is 0 Å². The van der Waals surface area contributed by atoms with Crippen molar-refractivity contribution in [3.63, 3.8) is 0 Å². The number of rotatable bonds is 6. The molecule has 5 heteroatoms. The Morgan fingerprint density at radius 2 is 1.89 bits per heavy atom. The average molecular weight is 378 g/mol. The Morgan fingerprint density at radius 3 is 2.64 bits per heavy atom. The highest BCUT2D eigenvalue weighted by Crippen LogP contribution is 2.23. The minimum absolute atomic E-state index is 0.324. The summed E-state index contributed by atoms with van der Waals surface area (Å²) in [6, 6.07) is 18.3. The van der Waals surface area contributed by atoms with Gasteiger partial charge in [-0.25, -0.2) is 4.79 Å². The topological polar surface area (TPSA) is 54.7 Å². The first-order valence-corrected chi connectivity index (χ1v) is 9.82. The first-order chi connectivity index (χ1) is 13.7. The number of piperidine rings is 1. The highest BCUT2D eigenvalue weighted by atomic mass is 16.5. The molecule has 2 aromatic carbocycles. The molecule has 28 heavy (non-hydrogen) atoms. The Bertz CT molecular complexity index is 976. The van der Waals surface area contributed by atoms with E-state index in [1.165, 1.54) is 5.56 Å². The Hall–Kier alpha value is -2.63. The van der Waals surface area contributed by atoms with Crippen molar-refractivity contribution in [2.24, 2.45) is 0 Å². The van der Waals surface area contributed by atoms with E-state index in [1.807, 2.05) is 12.1 Å². The summed E-state index contributed by atoms with van der Waals surface area (Å²) in [5.41, 5.74) is 2.59. The molecule has 0 spiro atoms. The van der Waals surface area contributed by atoms with Gasteiger partial charge in [0.05, 0.1) is 7.11 Å². The van der Waals surface area contributed by atoms with Crippen molar-refractivity contribution in [1.82, 2.24) is 10.2 Å². The number of ether oxygens (including phenoxy) is 1.